The molecule has 0 spiro atoms. The Kier molecular flexibility index (Phi) is 9.76. The topological polar surface area (TPSA) is 54.3 Å². The first-order chi connectivity index (χ1) is 15.6. The summed E-state index contributed by atoms with van der Waals surface area (Å²) in [6.07, 6.45) is 1.62. The summed E-state index contributed by atoms with van der Waals surface area (Å²) in [7, 11) is 1.83. The van der Waals surface area contributed by atoms with E-state index in [4.69, 9.17) is 0 Å². The molecule has 6 nitrogen and oxygen atoms in total. The molecule has 2 aliphatic heterocycles. The van der Waals surface area contributed by atoms with E-state index in [0.717, 1.165) is 76.8 Å². The smallest absolute Gasteiger partial charge is 0.194 e. The van der Waals surface area contributed by atoms with Crippen LogP contribution in [0.4, 0.5) is 10.1 Å². The number of nitrogens with one attached hydrogen (secondary N) is 1. The third kappa shape index (κ3) is 7.28. The zero-order chi connectivity index (χ0) is 22.3. The van der Waals surface area contributed by atoms with E-state index in [9.17, 15) is 9.50 Å². The van der Waals surface area contributed by atoms with Gasteiger partial charge in [0, 0.05) is 65.1 Å². The zero-order valence-corrected chi connectivity index (χ0v) is 21.6. The molecule has 2 saturated heterocycles. The molecule has 33 heavy (non-hydrogen) atoms. The average Bonchev–Trinajstić information content (AvgIpc) is 2.83. The van der Waals surface area contributed by atoms with Crippen LogP contribution in [0.3, 0.4) is 0 Å². The third-order valence-corrected chi connectivity index (χ3v) is 6.42. The second-order valence-electron chi connectivity index (χ2n) is 8.68. The van der Waals surface area contributed by atoms with Gasteiger partial charge in [0.25, 0.3) is 0 Å². The fraction of sp³-hybridized carbons (Fsp3) is 0.480. The van der Waals surface area contributed by atoms with E-state index in [1.165, 1.54) is 23.3 Å². The number of aliphatic hydroxyl groups excluding tert-OH is 1. The lowest BCUT2D eigenvalue weighted by molar-refractivity contribution is 0.0792. The van der Waals surface area contributed by atoms with Crippen molar-refractivity contribution in [1.82, 2.24) is 15.1 Å². The number of benzene rings is 2. The van der Waals surface area contributed by atoms with Gasteiger partial charge < -0.3 is 20.2 Å². The van der Waals surface area contributed by atoms with Crippen LogP contribution in [-0.4, -0.2) is 73.3 Å². The molecular formula is C25H35FIN5O. The molecule has 2 fully saturated rings. The van der Waals surface area contributed by atoms with E-state index in [1.54, 1.807) is 0 Å². The van der Waals surface area contributed by atoms with Crippen molar-refractivity contribution >= 4 is 35.6 Å². The van der Waals surface area contributed by atoms with Crippen molar-refractivity contribution in [2.24, 2.45) is 4.99 Å². The fourth-order valence-electron chi connectivity index (χ4n) is 4.44. The molecule has 2 aromatic carbocycles. The molecule has 4 rings (SSSR count). The van der Waals surface area contributed by atoms with Gasteiger partial charge in [-0.15, -0.1) is 24.0 Å². The highest BCUT2D eigenvalue weighted by atomic mass is 127. The molecule has 0 amide bonds. The van der Waals surface area contributed by atoms with Crippen LogP contribution in [0.15, 0.2) is 53.5 Å². The minimum Gasteiger partial charge on any atom is -0.393 e. The van der Waals surface area contributed by atoms with Crippen LogP contribution in [-0.2, 0) is 13.1 Å². The summed E-state index contributed by atoms with van der Waals surface area (Å²) in [5.74, 6) is 0.719. The molecule has 2 heterocycles. The third-order valence-electron chi connectivity index (χ3n) is 6.42. The highest BCUT2D eigenvalue weighted by Gasteiger charge is 2.20. The Bertz CT molecular complexity index is 877. The molecule has 0 atom stereocenters. The van der Waals surface area contributed by atoms with Gasteiger partial charge in [-0.3, -0.25) is 9.89 Å². The number of rotatable bonds is 5. The number of piperidine rings is 1. The highest BCUT2D eigenvalue weighted by Crippen LogP contribution is 2.17. The number of piperazine rings is 1. The maximum atomic E-state index is 13.2. The normalized spacial score (nSPS) is 18.2. The highest BCUT2D eigenvalue weighted by molar-refractivity contribution is 14.0. The number of hydrogen-bond acceptors (Lipinski definition) is 4. The van der Waals surface area contributed by atoms with Crippen molar-refractivity contribution in [3.05, 3.63) is 65.5 Å². The first-order valence-electron chi connectivity index (χ1n) is 11.5. The lowest BCUT2D eigenvalue weighted by atomic mass is 10.1. The molecule has 0 saturated carbocycles. The number of aliphatic hydroxyl groups is 1. The molecule has 180 valence electrons. The summed E-state index contributed by atoms with van der Waals surface area (Å²) in [4.78, 5) is 11.4. The second kappa shape index (κ2) is 12.5. The minimum absolute atomic E-state index is 0. The molecule has 8 heteroatoms. The Morgan fingerprint density at radius 3 is 2.15 bits per heavy atom. The number of guanidine groups is 1. The minimum atomic E-state index is -0.198. The molecule has 0 bridgehead atoms. The number of nitrogens with zero attached hydrogens (tertiary/aromatic N) is 4. The van der Waals surface area contributed by atoms with Gasteiger partial charge >= 0.3 is 0 Å². The summed E-state index contributed by atoms with van der Waals surface area (Å²) in [6, 6.07) is 15.5. The van der Waals surface area contributed by atoms with Crippen molar-refractivity contribution < 1.29 is 9.50 Å². The standard InChI is InChI=1S/C25H34FN5O.HI/c1-27-25(31-16-14-30(15-17-31)23-8-6-22(26)7-9-23)28-18-20-2-4-21(5-3-20)19-29-12-10-24(32)11-13-29;/h2-9,24,32H,10-19H2,1H3,(H,27,28);1H. The van der Waals surface area contributed by atoms with E-state index in [-0.39, 0.29) is 35.9 Å². The maximum Gasteiger partial charge on any atom is 0.194 e. The van der Waals surface area contributed by atoms with E-state index in [2.05, 4.69) is 49.3 Å². The van der Waals surface area contributed by atoms with Gasteiger partial charge in [-0.05, 0) is 48.2 Å². The van der Waals surface area contributed by atoms with E-state index >= 15 is 0 Å². The number of likely N-dealkylation sites (tertiary alicyclic amines) is 1. The van der Waals surface area contributed by atoms with Crippen molar-refractivity contribution in [3.8, 4) is 0 Å². The summed E-state index contributed by atoms with van der Waals surface area (Å²) in [6.45, 7) is 7.13. The first kappa shape index (κ1) is 25.7. The SMILES string of the molecule is CN=C(NCc1ccc(CN2CCC(O)CC2)cc1)N1CCN(c2ccc(F)cc2)CC1.I. The van der Waals surface area contributed by atoms with Crippen LogP contribution in [0.2, 0.25) is 0 Å². The van der Waals surface area contributed by atoms with Gasteiger partial charge in [0.1, 0.15) is 5.82 Å². The molecule has 0 radical (unpaired) electrons. The predicted molar refractivity (Wildman–Crippen MR) is 143 cm³/mol. The number of aliphatic imine (C=N–C) groups is 1. The van der Waals surface area contributed by atoms with E-state index in [1.807, 2.05) is 19.2 Å². The Labute approximate surface area is 213 Å². The van der Waals surface area contributed by atoms with Crippen LogP contribution in [0.5, 0.6) is 0 Å². The van der Waals surface area contributed by atoms with Gasteiger partial charge in [0.15, 0.2) is 5.96 Å². The van der Waals surface area contributed by atoms with Gasteiger partial charge in [-0.25, -0.2) is 4.39 Å². The van der Waals surface area contributed by atoms with Gasteiger partial charge in [0.2, 0.25) is 0 Å². The molecule has 2 aromatic rings. The number of hydrogen-bond donors (Lipinski definition) is 2. The zero-order valence-electron chi connectivity index (χ0n) is 19.3. The van der Waals surface area contributed by atoms with E-state index < -0.39 is 0 Å². The van der Waals surface area contributed by atoms with Crippen LogP contribution >= 0.6 is 24.0 Å². The summed E-state index contributed by atoms with van der Waals surface area (Å²) in [5, 5.41) is 13.2. The van der Waals surface area contributed by atoms with Crippen LogP contribution < -0.4 is 10.2 Å². The lowest BCUT2D eigenvalue weighted by Crippen LogP contribution is -2.52. The molecule has 2 N–H and O–H groups in total. The van der Waals surface area contributed by atoms with Crippen LogP contribution in [0.1, 0.15) is 24.0 Å². The Balaban J connectivity index is 0.00000306. The van der Waals surface area contributed by atoms with Gasteiger partial charge in [-0.2, -0.15) is 0 Å². The number of anilines is 1. The molecule has 0 aromatic heterocycles. The maximum absolute atomic E-state index is 13.2. The van der Waals surface area contributed by atoms with Crippen molar-refractivity contribution in [2.75, 3.05) is 51.2 Å². The monoisotopic (exact) mass is 567 g/mol. The quantitative estimate of drug-likeness (QED) is 0.330. The Morgan fingerprint density at radius 2 is 1.55 bits per heavy atom. The summed E-state index contributed by atoms with van der Waals surface area (Å²) < 4.78 is 13.2. The van der Waals surface area contributed by atoms with Crippen molar-refractivity contribution in [1.29, 1.82) is 0 Å². The molecular weight excluding hydrogens is 532 g/mol. The molecule has 2 aliphatic rings. The summed E-state index contributed by atoms with van der Waals surface area (Å²) >= 11 is 0. The van der Waals surface area contributed by atoms with Crippen LogP contribution in [0.25, 0.3) is 0 Å². The average molecular weight is 567 g/mol. The molecule has 0 aliphatic carbocycles. The largest absolute Gasteiger partial charge is 0.393 e. The fourth-order valence-corrected chi connectivity index (χ4v) is 4.44. The van der Waals surface area contributed by atoms with E-state index in [0.29, 0.717) is 0 Å². The van der Waals surface area contributed by atoms with Crippen LogP contribution in [0, 0.1) is 5.82 Å². The van der Waals surface area contributed by atoms with Crippen molar-refractivity contribution in [3.63, 3.8) is 0 Å². The second-order valence-corrected chi connectivity index (χ2v) is 8.68. The first-order valence-corrected chi connectivity index (χ1v) is 11.5. The van der Waals surface area contributed by atoms with Gasteiger partial charge in [-0.1, -0.05) is 24.3 Å². The lowest BCUT2D eigenvalue weighted by Gasteiger charge is -2.37. The van der Waals surface area contributed by atoms with Gasteiger partial charge in [0.05, 0.1) is 6.10 Å². The van der Waals surface area contributed by atoms with Crippen molar-refractivity contribution in [2.45, 2.75) is 32.0 Å². The predicted octanol–water partition coefficient (Wildman–Crippen LogP) is 3.30. The number of halogens is 2. The summed E-state index contributed by atoms with van der Waals surface area (Å²) in [5.41, 5.74) is 3.61. The Hall–Kier alpha value is -1.91. The molecule has 0 unspecified atom stereocenters. The Morgan fingerprint density at radius 1 is 0.939 bits per heavy atom.